The van der Waals surface area contributed by atoms with E-state index in [0.717, 1.165) is 25.1 Å². The molecule has 25 heavy (non-hydrogen) atoms. The number of likely N-dealkylation sites (N-methyl/N-ethyl adjacent to an activating group) is 1. The van der Waals surface area contributed by atoms with Gasteiger partial charge < -0.3 is 9.64 Å². The molecule has 0 spiro atoms. The number of likely N-dealkylation sites (tertiary alicyclic amines) is 1. The second-order valence-corrected chi connectivity index (χ2v) is 6.59. The summed E-state index contributed by atoms with van der Waals surface area (Å²) in [5, 5.41) is 8.99. The van der Waals surface area contributed by atoms with Crippen LogP contribution in [-0.2, 0) is 4.79 Å². The van der Waals surface area contributed by atoms with Gasteiger partial charge in [0.25, 0.3) is 0 Å². The van der Waals surface area contributed by atoms with Crippen LogP contribution in [0.25, 0.3) is 0 Å². The summed E-state index contributed by atoms with van der Waals surface area (Å²) in [6.07, 6.45) is 2.17. The lowest BCUT2D eigenvalue weighted by Crippen LogP contribution is -2.41. The molecule has 0 N–H and O–H groups in total. The zero-order valence-corrected chi connectivity index (χ0v) is 15.6. The van der Waals surface area contributed by atoms with Gasteiger partial charge >= 0.3 is 0 Å². The van der Waals surface area contributed by atoms with Crippen LogP contribution in [0.4, 0.5) is 0 Å². The van der Waals surface area contributed by atoms with E-state index in [1.165, 1.54) is 5.56 Å². The Morgan fingerprint density at radius 3 is 2.72 bits per heavy atom. The van der Waals surface area contributed by atoms with Crippen molar-refractivity contribution in [1.82, 2.24) is 9.80 Å². The van der Waals surface area contributed by atoms with Gasteiger partial charge in [0, 0.05) is 19.1 Å². The molecule has 1 saturated heterocycles. The smallest absolute Gasteiger partial charge is 0.236 e. The number of hydrogen-bond acceptors (Lipinski definition) is 4. The molecule has 136 valence electrons. The molecular weight excluding hydrogens is 314 g/mol. The van der Waals surface area contributed by atoms with Gasteiger partial charge in [0.05, 0.1) is 25.1 Å². The van der Waals surface area contributed by atoms with E-state index in [2.05, 4.69) is 23.1 Å². The molecule has 0 bridgehead atoms. The second kappa shape index (κ2) is 9.43. The van der Waals surface area contributed by atoms with E-state index in [0.29, 0.717) is 26.2 Å². The summed E-state index contributed by atoms with van der Waals surface area (Å²) >= 11 is 0. The van der Waals surface area contributed by atoms with Crippen molar-refractivity contribution in [2.75, 3.05) is 32.8 Å². The molecule has 1 aliphatic rings. The van der Waals surface area contributed by atoms with Crippen molar-refractivity contribution in [2.24, 2.45) is 5.92 Å². The summed E-state index contributed by atoms with van der Waals surface area (Å²) in [5.74, 6) is 0.862. The average molecular weight is 343 g/mol. The molecule has 5 heteroatoms. The highest BCUT2D eigenvalue weighted by Crippen LogP contribution is 2.32. The summed E-state index contributed by atoms with van der Waals surface area (Å²) < 4.78 is 5.51. The van der Waals surface area contributed by atoms with Crippen LogP contribution in [0.3, 0.4) is 0 Å². The Kier molecular flexibility index (Phi) is 7.27. The summed E-state index contributed by atoms with van der Waals surface area (Å²) in [5.41, 5.74) is 1.24. The largest absolute Gasteiger partial charge is 0.494 e. The van der Waals surface area contributed by atoms with Crippen LogP contribution in [0.2, 0.25) is 0 Å². The second-order valence-electron chi connectivity index (χ2n) is 6.59. The summed E-state index contributed by atoms with van der Waals surface area (Å²) in [7, 11) is 0. The normalized spacial score (nSPS) is 18.6. The minimum absolute atomic E-state index is 0.113. The summed E-state index contributed by atoms with van der Waals surface area (Å²) in [4.78, 5) is 16.7. The number of carbonyl (C=O) groups excluding carboxylic acids is 1. The molecule has 1 fully saturated rings. The first-order valence-corrected chi connectivity index (χ1v) is 9.23. The van der Waals surface area contributed by atoms with Crippen LogP contribution >= 0.6 is 0 Å². The van der Waals surface area contributed by atoms with Gasteiger partial charge in [-0.3, -0.25) is 9.69 Å². The number of hydrogen-bond donors (Lipinski definition) is 0. The summed E-state index contributed by atoms with van der Waals surface area (Å²) in [6, 6.07) is 10.7. The summed E-state index contributed by atoms with van der Waals surface area (Å²) in [6.45, 7) is 8.98. The fourth-order valence-corrected chi connectivity index (χ4v) is 3.40. The van der Waals surface area contributed by atoms with Crippen molar-refractivity contribution >= 4 is 5.91 Å². The highest BCUT2D eigenvalue weighted by Gasteiger charge is 2.29. The third kappa shape index (κ3) is 5.20. The Hall–Kier alpha value is -2.06. The fraction of sp³-hybridized carbons (Fsp3) is 0.600. The molecule has 1 aromatic rings. The van der Waals surface area contributed by atoms with Crippen molar-refractivity contribution < 1.29 is 9.53 Å². The van der Waals surface area contributed by atoms with E-state index < -0.39 is 0 Å². The minimum atomic E-state index is -0.135. The highest BCUT2D eigenvalue weighted by molar-refractivity contribution is 5.78. The van der Waals surface area contributed by atoms with Gasteiger partial charge in [-0.05, 0) is 57.9 Å². The van der Waals surface area contributed by atoms with Crippen LogP contribution in [0.15, 0.2) is 24.3 Å². The first-order valence-electron chi connectivity index (χ1n) is 9.23. The van der Waals surface area contributed by atoms with Gasteiger partial charge in [-0.25, -0.2) is 0 Å². The predicted molar refractivity (Wildman–Crippen MR) is 98.2 cm³/mol. The molecule has 1 amide bonds. The van der Waals surface area contributed by atoms with E-state index in [4.69, 9.17) is 10.00 Å². The number of carbonyl (C=O) groups is 1. The molecule has 2 unspecified atom stereocenters. The Labute approximate surface area is 151 Å². The molecule has 5 nitrogen and oxygen atoms in total. The van der Waals surface area contributed by atoms with Gasteiger partial charge in [-0.2, -0.15) is 5.26 Å². The Bertz CT molecular complexity index is 594. The molecule has 0 aromatic heterocycles. The fourth-order valence-electron chi connectivity index (χ4n) is 3.40. The number of amides is 1. The van der Waals surface area contributed by atoms with E-state index in [1.807, 2.05) is 32.9 Å². The molecule has 2 rings (SSSR count). The number of benzene rings is 1. The standard InChI is InChI=1S/C20H29N3O2/c1-4-22(14-16(3)13-21)20(24)15-23-12-6-7-19(23)17-8-10-18(11-9-17)25-5-2/h8-11,16,19H,4-7,12,14-15H2,1-3H3. The van der Waals surface area contributed by atoms with Crippen LogP contribution in [0.1, 0.15) is 45.2 Å². The van der Waals surface area contributed by atoms with E-state index in [-0.39, 0.29) is 17.9 Å². The van der Waals surface area contributed by atoms with Crippen LogP contribution < -0.4 is 4.74 Å². The number of ether oxygens (including phenoxy) is 1. The van der Waals surface area contributed by atoms with Crippen molar-refractivity contribution in [1.29, 1.82) is 5.26 Å². The molecule has 0 aliphatic carbocycles. The van der Waals surface area contributed by atoms with Crippen LogP contribution in [0.5, 0.6) is 5.75 Å². The van der Waals surface area contributed by atoms with Gasteiger partial charge in [0.1, 0.15) is 5.75 Å². The monoisotopic (exact) mass is 343 g/mol. The first kappa shape index (κ1) is 19.3. The maximum atomic E-state index is 12.7. The number of nitrogens with zero attached hydrogens (tertiary/aromatic N) is 3. The Morgan fingerprint density at radius 2 is 2.12 bits per heavy atom. The minimum Gasteiger partial charge on any atom is -0.494 e. The lowest BCUT2D eigenvalue weighted by Gasteiger charge is -2.28. The first-order chi connectivity index (χ1) is 12.1. The van der Waals surface area contributed by atoms with Gasteiger partial charge in [-0.1, -0.05) is 12.1 Å². The maximum Gasteiger partial charge on any atom is 0.236 e. The SMILES string of the molecule is CCOc1ccc(C2CCCN2CC(=O)N(CC)CC(C)C#N)cc1. The van der Waals surface area contributed by atoms with Gasteiger partial charge in [-0.15, -0.1) is 0 Å². The predicted octanol–water partition coefficient (Wildman–Crippen LogP) is 3.23. The van der Waals surface area contributed by atoms with Crippen molar-refractivity contribution in [2.45, 2.75) is 39.7 Å². The van der Waals surface area contributed by atoms with Crippen LogP contribution in [-0.4, -0.2) is 48.5 Å². The number of nitriles is 1. The van der Waals surface area contributed by atoms with Crippen molar-refractivity contribution in [3.05, 3.63) is 29.8 Å². The van der Waals surface area contributed by atoms with Crippen LogP contribution in [0, 0.1) is 17.2 Å². The Morgan fingerprint density at radius 1 is 1.40 bits per heavy atom. The molecular formula is C20H29N3O2. The zero-order chi connectivity index (χ0) is 18.2. The molecule has 1 aliphatic heterocycles. The third-order valence-electron chi connectivity index (χ3n) is 4.73. The van der Waals surface area contributed by atoms with Gasteiger partial charge in [0.15, 0.2) is 0 Å². The topological polar surface area (TPSA) is 56.6 Å². The maximum absolute atomic E-state index is 12.7. The van der Waals surface area contributed by atoms with Crippen molar-refractivity contribution in [3.8, 4) is 11.8 Å². The lowest BCUT2D eigenvalue weighted by atomic mass is 10.0. The van der Waals surface area contributed by atoms with E-state index >= 15 is 0 Å². The molecule has 1 heterocycles. The Balaban J connectivity index is 2.00. The molecule has 2 atom stereocenters. The van der Waals surface area contributed by atoms with Crippen molar-refractivity contribution in [3.63, 3.8) is 0 Å². The highest BCUT2D eigenvalue weighted by atomic mass is 16.5. The molecule has 0 radical (unpaired) electrons. The zero-order valence-electron chi connectivity index (χ0n) is 15.6. The molecule has 0 saturated carbocycles. The van der Waals surface area contributed by atoms with E-state index in [9.17, 15) is 4.79 Å². The van der Waals surface area contributed by atoms with Gasteiger partial charge in [0.2, 0.25) is 5.91 Å². The molecule has 1 aromatic carbocycles. The third-order valence-corrected chi connectivity index (χ3v) is 4.73. The van der Waals surface area contributed by atoms with E-state index in [1.54, 1.807) is 4.90 Å². The average Bonchev–Trinajstić information content (AvgIpc) is 3.08. The number of rotatable bonds is 8. The lowest BCUT2D eigenvalue weighted by molar-refractivity contribution is -0.132. The quantitative estimate of drug-likeness (QED) is 0.727.